The van der Waals surface area contributed by atoms with E-state index in [0.717, 1.165) is 18.2 Å². The van der Waals surface area contributed by atoms with Crippen molar-refractivity contribution in [2.75, 3.05) is 10.5 Å². The normalized spacial score (nSPS) is 11.3. The Balaban J connectivity index is 2.19. The minimum atomic E-state index is -3.81. The summed E-state index contributed by atoms with van der Waals surface area (Å²) in [6, 6.07) is 8.61. The molecule has 0 unspecified atom stereocenters. The SMILES string of the molecule is Nc1ccc(F)c(NS(=O)(=O)Cc2ccc(F)cc2)c1. The molecular formula is C13H12F2N2O2S. The molecule has 0 atom stereocenters. The van der Waals surface area contributed by atoms with Crippen LogP contribution in [-0.2, 0) is 15.8 Å². The van der Waals surface area contributed by atoms with Crippen molar-refractivity contribution >= 4 is 21.4 Å². The van der Waals surface area contributed by atoms with Gasteiger partial charge in [-0.25, -0.2) is 17.2 Å². The quantitative estimate of drug-likeness (QED) is 0.852. The fourth-order valence-corrected chi connectivity index (χ4v) is 2.82. The van der Waals surface area contributed by atoms with E-state index < -0.39 is 21.7 Å². The summed E-state index contributed by atoms with van der Waals surface area (Å²) in [4.78, 5) is 0. The monoisotopic (exact) mass is 298 g/mol. The fourth-order valence-electron chi connectivity index (χ4n) is 1.62. The number of anilines is 2. The van der Waals surface area contributed by atoms with E-state index in [4.69, 9.17) is 5.73 Å². The van der Waals surface area contributed by atoms with E-state index >= 15 is 0 Å². The largest absolute Gasteiger partial charge is 0.399 e. The molecule has 0 aliphatic heterocycles. The van der Waals surface area contributed by atoms with E-state index in [1.165, 1.54) is 24.3 Å². The molecule has 0 heterocycles. The lowest BCUT2D eigenvalue weighted by Gasteiger charge is -2.09. The lowest BCUT2D eigenvalue weighted by atomic mass is 10.2. The molecule has 3 N–H and O–H groups in total. The number of halogens is 2. The first-order valence-electron chi connectivity index (χ1n) is 5.66. The van der Waals surface area contributed by atoms with Gasteiger partial charge in [0.05, 0.1) is 11.4 Å². The van der Waals surface area contributed by atoms with Gasteiger partial charge in [-0.1, -0.05) is 12.1 Å². The summed E-state index contributed by atoms with van der Waals surface area (Å²) in [5.74, 6) is -1.57. The number of hydrogen-bond acceptors (Lipinski definition) is 3. The zero-order valence-electron chi connectivity index (χ0n) is 10.3. The van der Waals surface area contributed by atoms with Gasteiger partial charge >= 0.3 is 0 Å². The number of hydrogen-bond donors (Lipinski definition) is 2. The predicted molar refractivity (Wildman–Crippen MR) is 73.5 cm³/mol. The van der Waals surface area contributed by atoms with Crippen LogP contribution in [-0.4, -0.2) is 8.42 Å². The second kappa shape index (κ2) is 5.46. The van der Waals surface area contributed by atoms with Crippen molar-refractivity contribution in [3.63, 3.8) is 0 Å². The molecule has 0 aromatic heterocycles. The second-order valence-corrected chi connectivity index (χ2v) is 5.95. The van der Waals surface area contributed by atoms with E-state index in [2.05, 4.69) is 4.72 Å². The Kier molecular flexibility index (Phi) is 3.89. The summed E-state index contributed by atoms with van der Waals surface area (Å²) in [5.41, 5.74) is 5.89. The Morgan fingerprint density at radius 3 is 2.35 bits per heavy atom. The van der Waals surface area contributed by atoms with Crippen LogP contribution in [0.15, 0.2) is 42.5 Å². The van der Waals surface area contributed by atoms with Crippen LogP contribution in [0.5, 0.6) is 0 Å². The van der Waals surface area contributed by atoms with Crippen molar-refractivity contribution in [3.8, 4) is 0 Å². The molecule has 2 rings (SSSR count). The van der Waals surface area contributed by atoms with Gasteiger partial charge in [0, 0.05) is 5.69 Å². The molecule has 0 saturated heterocycles. The van der Waals surface area contributed by atoms with Crippen LogP contribution >= 0.6 is 0 Å². The number of sulfonamides is 1. The summed E-state index contributed by atoms with van der Waals surface area (Å²) in [7, 11) is -3.81. The summed E-state index contributed by atoms with van der Waals surface area (Å²) >= 11 is 0. The first kappa shape index (κ1) is 14.3. The third kappa shape index (κ3) is 3.67. The topological polar surface area (TPSA) is 72.2 Å². The van der Waals surface area contributed by atoms with Gasteiger partial charge in [0.15, 0.2) is 0 Å². The molecule has 0 aliphatic carbocycles. The Labute approximate surface area is 115 Å². The van der Waals surface area contributed by atoms with Crippen LogP contribution in [0, 0.1) is 11.6 Å². The smallest absolute Gasteiger partial charge is 0.237 e. The van der Waals surface area contributed by atoms with Crippen molar-refractivity contribution in [3.05, 3.63) is 59.7 Å². The molecule has 0 fully saturated rings. The minimum Gasteiger partial charge on any atom is -0.399 e. The molecule has 0 bridgehead atoms. The average Bonchev–Trinajstić information content (AvgIpc) is 2.36. The molecule has 20 heavy (non-hydrogen) atoms. The highest BCUT2D eigenvalue weighted by atomic mass is 32.2. The van der Waals surface area contributed by atoms with Crippen molar-refractivity contribution in [1.29, 1.82) is 0 Å². The molecule has 0 aliphatic rings. The summed E-state index contributed by atoms with van der Waals surface area (Å²) in [6.45, 7) is 0. The van der Waals surface area contributed by atoms with E-state index in [-0.39, 0.29) is 17.1 Å². The minimum absolute atomic E-state index is 0.216. The first-order chi connectivity index (χ1) is 9.35. The molecule has 0 saturated carbocycles. The van der Waals surface area contributed by atoms with Crippen LogP contribution in [0.25, 0.3) is 0 Å². The van der Waals surface area contributed by atoms with Crippen molar-refractivity contribution in [1.82, 2.24) is 0 Å². The second-order valence-electron chi connectivity index (χ2n) is 4.23. The van der Waals surface area contributed by atoms with Gasteiger partial charge < -0.3 is 5.73 Å². The molecule has 0 amide bonds. The van der Waals surface area contributed by atoms with Gasteiger partial charge in [0.2, 0.25) is 10.0 Å². The van der Waals surface area contributed by atoms with Gasteiger partial charge in [-0.3, -0.25) is 4.72 Å². The summed E-state index contributed by atoms with van der Waals surface area (Å²) < 4.78 is 52.1. The Bertz CT molecular complexity index is 716. The van der Waals surface area contributed by atoms with Crippen molar-refractivity contribution in [2.45, 2.75) is 5.75 Å². The first-order valence-corrected chi connectivity index (χ1v) is 7.31. The van der Waals surface area contributed by atoms with E-state index in [9.17, 15) is 17.2 Å². The van der Waals surface area contributed by atoms with Gasteiger partial charge in [-0.15, -0.1) is 0 Å². The van der Waals surface area contributed by atoms with Crippen LogP contribution in [0.2, 0.25) is 0 Å². The van der Waals surface area contributed by atoms with Crippen LogP contribution in [0.4, 0.5) is 20.2 Å². The Hall–Kier alpha value is -2.15. The zero-order chi connectivity index (χ0) is 14.8. The molecule has 2 aromatic rings. The number of nitrogen functional groups attached to an aromatic ring is 1. The summed E-state index contributed by atoms with van der Waals surface area (Å²) in [6.07, 6.45) is 0. The van der Waals surface area contributed by atoms with Crippen molar-refractivity contribution < 1.29 is 17.2 Å². The molecule has 106 valence electrons. The predicted octanol–water partition coefficient (Wildman–Crippen LogP) is 2.49. The Morgan fingerprint density at radius 1 is 1.05 bits per heavy atom. The fraction of sp³-hybridized carbons (Fsp3) is 0.0769. The van der Waals surface area contributed by atoms with Crippen LogP contribution in [0.1, 0.15) is 5.56 Å². The maximum atomic E-state index is 13.5. The maximum absolute atomic E-state index is 13.5. The average molecular weight is 298 g/mol. The van der Waals surface area contributed by atoms with Gasteiger partial charge in [0.1, 0.15) is 11.6 Å². The highest BCUT2D eigenvalue weighted by molar-refractivity contribution is 7.91. The van der Waals surface area contributed by atoms with Gasteiger partial charge in [-0.05, 0) is 35.9 Å². The Morgan fingerprint density at radius 2 is 1.70 bits per heavy atom. The summed E-state index contributed by atoms with van der Waals surface area (Å²) in [5, 5.41) is 0. The van der Waals surface area contributed by atoms with Gasteiger partial charge in [0.25, 0.3) is 0 Å². The van der Waals surface area contributed by atoms with E-state index in [1.54, 1.807) is 0 Å². The molecule has 7 heteroatoms. The molecular weight excluding hydrogens is 286 g/mol. The maximum Gasteiger partial charge on any atom is 0.237 e. The zero-order valence-corrected chi connectivity index (χ0v) is 11.1. The highest BCUT2D eigenvalue weighted by Crippen LogP contribution is 2.20. The van der Waals surface area contributed by atoms with E-state index in [0.29, 0.717) is 5.56 Å². The van der Waals surface area contributed by atoms with E-state index in [1.807, 2.05) is 0 Å². The third-order valence-corrected chi connectivity index (χ3v) is 3.77. The lowest BCUT2D eigenvalue weighted by molar-refractivity contribution is 0.597. The molecule has 0 radical (unpaired) electrons. The molecule has 4 nitrogen and oxygen atoms in total. The van der Waals surface area contributed by atoms with Crippen molar-refractivity contribution in [2.24, 2.45) is 0 Å². The molecule has 2 aromatic carbocycles. The third-order valence-electron chi connectivity index (χ3n) is 2.53. The standard InChI is InChI=1S/C13H12F2N2O2S/c14-10-3-1-9(2-4-10)8-20(18,19)17-13-7-11(16)5-6-12(13)15/h1-7,17H,8,16H2. The lowest BCUT2D eigenvalue weighted by Crippen LogP contribution is -2.16. The van der Waals surface area contributed by atoms with Gasteiger partial charge in [-0.2, -0.15) is 0 Å². The number of nitrogens with one attached hydrogen (secondary N) is 1. The number of rotatable bonds is 4. The van der Waals surface area contributed by atoms with Crippen LogP contribution < -0.4 is 10.5 Å². The molecule has 0 spiro atoms. The highest BCUT2D eigenvalue weighted by Gasteiger charge is 2.14. The number of nitrogens with two attached hydrogens (primary N) is 1. The number of benzene rings is 2. The van der Waals surface area contributed by atoms with Crippen LogP contribution in [0.3, 0.4) is 0 Å².